The molecule has 2 aromatic heterocycles. The number of thiazole rings is 1. The van der Waals surface area contributed by atoms with E-state index in [1.165, 1.54) is 11.3 Å². The van der Waals surface area contributed by atoms with Crippen LogP contribution in [-0.2, 0) is 4.79 Å². The summed E-state index contributed by atoms with van der Waals surface area (Å²) in [5, 5.41) is 9.76. The summed E-state index contributed by atoms with van der Waals surface area (Å²) in [4.78, 5) is 17.0. The van der Waals surface area contributed by atoms with Crippen LogP contribution in [0.2, 0.25) is 0 Å². The van der Waals surface area contributed by atoms with Crippen LogP contribution in [0.1, 0.15) is 30.8 Å². The van der Waals surface area contributed by atoms with Gasteiger partial charge in [-0.2, -0.15) is 5.10 Å². The second-order valence-electron chi connectivity index (χ2n) is 6.58. The van der Waals surface area contributed by atoms with E-state index in [-0.39, 0.29) is 11.9 Å². The Morgan fingerprint density at radius 1 is 1.25 bits per heavy atom. The summed E-state index contributed by atoms with van der Waals surface area (Å²) in [5.74, 6) is 1.31. The number of nitrogens with one attached hydrogen (secondary N) is 1. The Kier molecular flexibility index (Phi) is 5.99. The molecule has 28 heavy (non-hydrogen) atoms. The van der Waals surface area contributed by atoms with Gasteiger partial charge < -0.3 is 14.8 Å². The number of methoxy groups -OCH3 is 2. The summed E-state index contributed by atoms with van der Waals surface area (Å²) in [6.45, 7) is 5.91. The lowest BCUT2D eigenvalue weighted by Gasteiger charge is -2.13. The number of carbonyl (C=O) groups is 1. The predicted molar refractivity (Wildman–Crippen MR) is 110 cm³/mol. The van der Waals surface area contributed by atoms with E-state index in [2.05, 4.69) is 15.4 Å². The van der Waals surface area contributed by atoms with Crippen LogP contribution in [-0.4, -0.2) is 34.9 Å². The fourth-order valence-electron chi connectivity index (χ4n) is 3.09. The monoisotopic (exact) mass is 400 g/mol. The predicted octanol–water partition coefficient (Wildman–Crippen LogP) is 4.23. The normalized spacial score (nSPS) is 11.9. The molecule has 148 valence electrons. The molecule has 0 fully saturated rings. The molecule has 1 N–H and O–H groups in total. The van der Waals surface area contributed by atoms with Crippen molar-refractivity contribution in [1.82, 2.24) is 14.8 Å². The number of rotatable bonds is 7. The molecular weight excluding hydrogens is 376 g/mol. The minimum Gasteiger partial charge on any atom is -0.497 e. The minimum atomic E-state index is -0.0986. The summed E-state index contributed by atoms with van der Waals surface area (Å²) in [7, 11) is 3.23. The molecule has 3 rings (SSSR count). The van der Waals surface area contributed by atoms with Gasteiger partial charge >= 0.3 is 0 Å². The Morgan fingerprint density at radius 2 is 2.04 bits per heavy atom. The summed E-state index contributed by atoms with van der Waals surface area (Å²) in [5.41, 5.74) is 3.53. The molecule has 1 amide bonds. The van der Waals surface area contributed by atoms with E-state index in [9.17, 15) is 4.79 Å². The van der Waals surface area contributed by atoms with E-state index < -0.39 is 0 Å². The molecule has 0 aliphatic heterocycles. The molecule has 0 saturated heterocycles. The third-order valence-corrected chi connectivity index (χ3v) is 5.13. The van der Waals surface area contributed by atoms with Crippen molar-refractivity contribution < 1.29 is 14.3 Å². The number of amides is 1. The maximum absolute atomic E-state index is 12.5. The Balaban J connectivity index is 1.71. The highest BCUT2D eigenvalue weighted by atomic mass is 32.1. The minimum absolute atomic E-state index is 0.0355. The number of nitrogens with zero attached hydrogens (tertiary/aromatic N) is 3. The fraction of sp³-hybridized carbons (Fsp3) is 0.350. The van der Waals surface area contributed by atoms with Crippen molar-refractivity contribution in [3.63, 3.8) is 0 Å². The van der Waals surface area contributed by atoms with E-state index >= 15 is 0 Å². The van der Waals surface area contributed by atoms with Gasteiger partial charge in [0.2, 0.25) is 5.91 Å². The van der Waals surface area contributed by atoms with Gasteiger partial charge in [0.05, 0.1) is 31.6 Å². The van der Waals surface area contributed by atoms with Gasteiger partial charge in [0, 0.05) is 23.1 Å². The topological polar surface area (TPSA) is 78.3 Å². The number of aromatic nitrogens is 3. The third kappa shape index (κ3) is 4.33. The van der Waals surface area contributed by atoms with Gasteiger partial charge in [-0.05, 0) is 45.0 Å². The Bertz CT molecular complexity index is 980. The van der Waals surface area contributed by atoms with Gasteiger partial charge in [0.15, 0.2) is 5.13 Å². The lowest BCUT2D eigenvalue weighted by molar-refractivity contribution is -0.116. The zero-order valence-electron chi connectivity index (χ0n) is 16.6. The van der Waals surface area contributed by atoms with Gasteiger partial charge in [-0.1, -0.05) is 0 Å². The zero-order valence-corrected chi connectivity index (χ0v) is 17.5. The van der Waals surface area contributed by atoms with Crippen LogP contribution < -0.4 is 14.8 Å². The fourth-order valence-corrected chi connectivity index (χ4v) is 3.81. The SMILES string of the molecule is COc1ccc(OC)c(-c2csc(NC(=O)CC(C)n3nc(C)cc3C)n2)c1. The molecule has 0 aliphatic rings. The molecule has 0 spiro atoms. The number of carbonyl (C=O) groups excluding carboxylic acids is 1. The van der Waals surface area contributed by atoms with E-state index in [4.69, 9.17) is 9.47 Å². The summed E-state index contributed by atoms with van der Waals surface area (Å²) in [6, 6.07) is 7.50. The highest BCUT2D eigenvalue weighted by Crippen LogP contribution is 2.35. The van der Waals surface area contributed by atoms with Crippen LogP contribution in [0.15, 0.2) is 29.6 Å². The molecular formula is C20H24N4O3S. The summed E-state index contributed by atoms with van der Waals surface area (Å²) in [6.07, 6.45) is 0.319. The standard InChI is InChI=1S/C20H24N4O3S/c1-12-8-13(2)24(23-12)14(3)9-19(25)22-20-21-17(11-28-20)16-10-15(26-4)6-7-18(16)27-5/h6-8,10-11,14H,9H2,1-5H3,(H,21,22,25). The second kappa shape index (κ2) is 8.43. The molecule has 1 aromatic carbocycles. The maximum atomic E-state index is 12.5. The Labute approximate surface area is 168 Å². The molecule has 0 aliphatic carbocycles. The number of anilines is 1. The first-order chi connectivity index (χ1) is 13.4. The van der Waals surface area contributed by atoms with Crippen molar-refractivity contribution in [3.05, 3.63) is 41.0 Å². The average Bonchev–Trinajstić information content (AvgIpc) is 3.26. The largest absolute Gasteiger partial charge is 0.497 e. The number of benzene rings is 1. The molecule has 1 atom stereocenters. The number of aryl methyl sites for hydroxylation is 2. The van der Waals surface area contributed by atoms with Crippen molar-refractivity contribution in [2.75, 3.05) is 19.5 Å². The summed E-state index contributed by atoms with van der Waals surface area (Å²) >= 11 is 1.37. The van der Waals surface area contributed by atoms with E-state index in [1.54, 1.807) is 14.2 Å². The quantitative estimate of drug-likeness (QED) is 0.642. The van der Waals surface area contributed by atoms with Crippen molar-refractivity contribution in [3.8, 4) is 22.8 Å². The Hall–Kier alpha value is -2.87. The highest BCUT2D eigenvalue weighted by molar-refractivity contribution is 7.14. The van der Waals surface area contributed by atoms with E-state index in [0.29, 0.717) is 23.1 Å². The second-order valence-corrected chi connectivity index (χ2v) is 7.44. The highest BCUT2D eigenvalue weighted by Gasteiger charge is 2.16. The van der Waals surface area contributed by atoms with Gasteiger partial charge in [0.25, 0.3) is 0 Å². The van der Waals surface area contributed by atoms with Crippen molar-refractivity contribution >= 4 is 22.4 Å². The lowest BCUT2D eigenvalue weighted by atomic mass is 10.1. The van der Waals surface area contributed by atoms with Gasteiger partial charge in [0.1, 0.15) is 11.5 Å². The molecule has 8 heteroatoms. The third-order valence-electron chi connectivity index (χ3n) is 4.38. The van der Waals surface area contributed by atoms with E-state index in [1.807, 2.05) is 55.1 Å². The first kappa shape index (κ1) is 19.9. The first-order valence-corrected chi connectivity index (χ1v) is 9.79. The molecule has 3 aromatic rings. The molecule has 0 bridgehead atoms. The van der Waals surface area contributed by atoms with Crippen LogP contribution >= 0.6 is 11.3 Å². The van der Waals surface area contributed by atoms with Crippen LogP contribution in [0.5, 0.6) is 11.5 Å². The molecule has 0 saturated carbocycles. The van der Waals surface area contributed by atoms with Crippen molar-refractivity contribution in [1.29, 1.82) is 0 Å². The molecule has 0 radical (unpaired) electrons. The van der Waals surface area contributed by atoms with Gasteiger partial charge in [-0.3, -0.25) is 9.48 Å². The van der Waals surface area contributed by atoms with Crippen LogP contribution in [0.3, 0.4) is 0 Å². The van der Waals surface area contributed by atoms with Crippen LogP contribution in [0.25, 0.3) is 11.3 Å². The average molecular weight is 401 g/mol. The van der Waals surface area contributed by atoms with Crippen LogP contribution in [0, 0.1) is 13.8 Å². The molecule has 1 unspecified atom stereocenters. The number of ether oxygens (including phenoxy) is 2. The van der Waals surface area contributed by atoms with Gasteiger partial charge in [-0.25, -0.2) is 4.98 Å². The van der Waals surface area contributed by atoms with Crippen LogP contribution in [0.4, 0.5) is 5.13 Å². The first-order valence-electron chi connectivity index (χ1n) is 8.91. The summed E-state index contributed by atoms with van der Waals surface area (Å²) < 4.78 is 12.6. The van der Waals surface area contributed by atoms with Crippen molar-refractivity contribution in [2.24, 2.45) is 0 Å². The van der Waals surface area contributed by atoms with Crippen molar-refractivity contribution in [2.45, 2.75) is 33.2 Å². The lowest BCUT2D eigenvalue weighted by Crippen LogP contribution is -2.19. The van der Waals surface area contributed by atoms with E-state index in [0.717, 1.165) is 22.6 Å². The number of hydrogen-bond acceptors (Lipinski definition) is 6. The Morgan fingerprint density at radius 3 is 2.68 bits per heavy atom. The molecule has 7 nitrogen and oxygen atoms in total. The number of hydrogen-bond donors (Lipinski definition) is 1. The zero-order chi connectivity index (χ0) is 20.3. The van der Waals surface area contributed by atoms with Gasteiger partial charge in [-0.15, -0.1) is 11.3 Å². The smallest absolute Gasteiger partial charge is 0.228 e. The maximum Gasteiger partial charge on any atom is 0.228 e. The molecule has 2 heterocycles.